The standard InChI is InChI=1S/C15H30N2O2/c1-13(2)16-14(15(18)19-3)9-5-8-12-17-10-6-4-7-11-17/h13-14,16H,4-12H2,1-3H3/t14-/m1/s1. The van der Waals surface area contributed by atoms with E-state index >= 15 is 0 Å². The average molecular weight is 270 g/mol. The summed E-state index contributed by atoms with van der Waals surface area (Å²) in [5, 5.41) is 3.28. The predicted molar refractivity (Wildman–Crippen MR) is 78.2 cm³/mol. The summed E-state index contributed by atoms with van der Waals surface area (Å²) < 4.78 is 4.85. The number of carbonyl (C=O) groups is 1. The number of hydrogen-bond donors (Lipinski definition) is 1. The SMILES string of the molecule is COC(=O)[C@@H](CCCCN1CCCCC1)NC(C)C. The van der Waals surface area contributed by atoms with Gasteiger partial charge in [0.15, 0.2) is 0 Å². The van der Waals surface area contributed by atoms with Gasteiger partial charge < -0.3 is 15.0 Å². The topological polar surface area (TPSA) is 41.6 Å². The van der Waals surface area contributed by atoms with E-state index in [4.69, 9.17) is 4.74 Å². The Morgan fingerprint density at radius 2 is 1.89 bits per heavy atom. The molecule has 1 aliphatic heterocycles. The lowest BCUT2D eigenvalue weighted by molar-refractivity contribution is -0.143. The van der Waals surface area contributed by atoms with Crippen molar-refractivity contribution < 1.29 is 9.53 Å². The van der Waals surface area contributed by atoms with Crippen LogP contribution in [0.15, 0.2) is 0 Å². The molecule has 0 saturated carbocycles. The molecule has 0 unspecified atom stereocenters. The third kappa shape index (κ3) is 6.92. The lowest BCUT2D eigenvalue weighted by atomic mass is 10.1. The second-order valence-electron chi connectivity index (χ2n) is 5.80. The van der Waals surface area contributed by atoms with Gasteiger partial charge in [0, 0.05) is 6.04 Å². The van der Waals surface area contributed by atoms with E-state index in [0.29, 0.717) is 6.04 Å². The van der Waals surface area contributed by atoms with E-state index in [2.05, 4.69) is 24.1 Å². The molecule has 0 spiro atoms. The Balaban J connectivity index is 2.17. The van der Waals surface area contributed by atoms with Gasteiger partial charge in [-0.05, 0) is 45.3 Å². The predicted octanol–water partition coefficient (Wildman–Crippen LogP) is 2.18. The number of unbranched alkanes of at least 4 members (excludes halogenated alkanes) is 1. The second kappa shape index (κ2) is 9.32. The van der Waals surface area contributed by atoms with Crippen molar-refractivity contribution in [2.45, 2.75) is 64.5 Å². The summed E-state index contributed by atoms with van der Waals surface area (Å²) in [5.74, 6) is -0.133. The van der Waals surface area contributed by atoms with Crippen molar-refractivity contribution >= 4 is 5.97 Å². The van der Waals surface area contributed by atoms with Crippen LogP contribution >= 0.6 is 0 Å². The Hall–Kier alpha value is -0.610. The van der Waals surface area contributed by atoms with Gasteiger partial charge in [0.2, 0.25) is 0 Å². The van der Waals surface area contributed by atoms with Crippen molar-refractivity contribution in [2.75, 3.05) is 26.7 Å². The zero-order valence-corrected chi connectivity index (χ0v) is 12.8. The van der Waals surface area contributed by atoms with E-state index in [9.17, 15) is 4.79 Å². The van der Waals surface area contributed by atoms with Crippen molar-refractivity contribution in [3.05, 3.63) is 0 Å². The van der Waals surface area contributed by atoms with E-state index in [1.807, 2.05) is 0 Å². The molecule has 0 radical (unpaired) electrons. The highest BCUT2D eigenvalue weighted by molar-refractivity contribution is 5.75. The van der Waals surface area contributed by atoms with Crippen molar-refractivity contribution in [1.82, 2.24) is 10.2 Å². The number of nitrogens with one attached hydrogen (secondary N) is 1. The van der Waals surface area contributed by atoms with E-state index in [1.54, 1.807) is 0 Å². The number of methoxy groups -OCH3 is 1. The normalized spacial score (nSPS) is 18.5. The zero-order valence-electron chi connectivity index (χ0n) is 12.8. The third-order valence-electron chi connectivity index (χ3n) is 3.69. The van der Waals surface area contributed by atoms with Crippen LogP contribution in [0, 0.1) is 0 Å². The highest BCUT2D eigenvalue weighted by Crippen LogP contribution is 2.11. The van der Waals surface area contributed by atoms with Crippen LogP contribution < -0.4 is 5.32 Å². The summed E-state index contributed by atoms with van der Waals surface area (Å²) in [6.45, 7) is 7.80. The molecule has 1 fully saturated rings. The highest BCUT2D eigenvalue weighted by atomic mass is 16.5. The van der Waals surface area contributed by atoms with Crippen LogP contribution in [0.25, 0.3) is 0 Å². The first-order valence-corrected chi connectivity index (χ1v) is 7.69. The van der Waals surface area contributed by atoms with Gasteiger partial charge in [-0.3, -0.25) is 4.79 Å². The summed E-state index contributed by atoms with van der Waals surface area (Å²) in [4.78, 5) is 14.2. The second-order valence-corrected chi connectivity index (χ2v) is 5.80. The molecule has 1 atom stereocenters. The van der Waals surface area contributed by atoms with E-state index in [1.165, 1.54) is 52.4 Å². The molecule has 4 heteroatoms. The lowest BCUT2D eigenvalue weighted by Gasteiger charge is -2.26. The van der Waals surface area contributed by atoms with Crippen LogP contribution in [0.1, 0.15) is 52.4 Å². The van der Waals surface area contributed by atoms with Crippen LogP contribution in [0.3, 0.4) is 0 Å². The largest absolute Gasteiger partial charge is 0.468 e. The number of rotatable bonds is 8. The summed E-state index contributed by atoms with van der Waals surface area (Å²) in [5.41, 5.74) is 0. The molecule has 0 bridgehead atoms. The molecule has 1 heterocycles. The van der Waals surface area contributed by atoms with Crippen LogP contribution in [0.2, 0.25) is 0 Å². The molecule has 1 saturated heterocycles. The van der Waals surface area contributed by atoms with Crippen LogP contribution in [-0.2, 0) is 9.53 Å². The zero-order chi connectivity index (χ0) is 14.1. The molecule has 112 valence electrons. The molecule has 0 aliphatic carbocycles. The van der Waals surface area contributed by atoms with Gasteiger partial charge in [-0.1, -0.05) is 26.7 Å². The van der Waals surface area contributed by atoms with Gasteiger partial charge in [0.1, 0.15) is 6.04 Å². The van der Waals surface area contributed by atoms with E-state index in [0.717, 1.165) is 12.8 Å². The van der Waals surface area contributed by atoms with Crippen molar-refractivity contribution in [1.29, 1.82) is 0 Å². The fourth-order valence-corrected chi connectivity index (χ4v) is 2.68. The molecule has 0 aromatic rings. The molecule has 1 aliphatic rings. The summed E-state index contributed by atoms with van der Waals surface area (Å²) in [6.07, 6.45) is 7.21. The Kier molecular flexibility index (Phi) is 8.07. The van der Waals surface area contributed by atoms with Gasteiger partial charge in [-0.2, -0.15) is 0 Å². The number of ether oxygens (including phenoxy) is 1. The molecule has 0 aromatic carbocycles. The quantitative estimate of drug-likeness (QED) is 0.542. The van der Waals surface area contributed by atoms with Crippen LogP contribution in [-0.4, -0.2) is 49.7 Å². The Morgan fingerprint density at radius 1 is 1.21 bits per heavy atom. The van der Waals surface area contributed by atoms with Crippen molar-refractivity contribution in [3.8, 4) is 0 Å². The minimum Gasteiger partial charge on any atom is -0.468 e. The van der Waals surface area contributed by atoms with Gasteiger partial charge in [0.05, 0.1) is 7.11 Å². The van der Waals surface area contributed by atoms with Crippen molar-refractivity contribution in [2.24, 2.45) is 0 Å². The van der Waals surface area contributed by atoms with Gasteiger partial charge in [0.25, 0.3) is 0 Å². The number of nitrogens with zero attached hydrogens (tertiary/aromatic N) is 1. The number of piperidine rings is 1. The lowest BCUT2D eigenvalue weighted by Crippen LogP contribution is -2.41. The van der Waals surface area contributed by atoms with E-state index < -0.39 is 0 Å². The molecule has 1 N–H and O–H groups in total. The summed E-state index contributed by atoms with van der Waals surface area (Å²) in [6, 6.07) is 0.164. The Morgan fingerprint density at radius 3 is 2.47 bits per heavy atom. The number of likely N-dealkylation sites (tertiary alicyclic amines) is 1. The first kappa shape index (κ1) is 16.4. The molecule has 1 rings (SSSR count). The Bertz CT molecular complexity index is 251. The fraction of sp³-hybridized carbons (Fsp3) is 0.933. The monoisotopic (exact) mass is 270 g/mol. The Labute approximate surface area is 117 Å². The maximum atomic E-state index is 11.6. The van der Waals surface area contributed by atoms with Crippen LogP contribution in [0.5, 0.6) is 0 Å². The first-order chi connectivity index (χ1) is 9.13. The minimum absolute atomic E-state index is 0.133. The summed E-state index contributed by atoms with van der Waals surface area (Å²) >= 11 is 0. The van der Waals surface area contributed by atoms with E-state index in [-0.39, 0.29) is 12.0 Å². The molecular formula is C15H30N2O2. The number of hydrogen-bond acceptors (Lipinski definition) is 4. The molecule has 19 heavy (non-hydrogen) atoms. The third-order valence-corrected chi connectivity index (χ3v) is 3.69. The van der Waals surface area contributed by atoms with Crippen LogP contribution in [0.4, 0.5) is 0 Å². The average Bonchev–Trinajstić information content (AvgIpc) is 2.42. The van der Waals surface area contributed by atoms with Gasteiger partial charge >= 0.3 is 5.97 Å². The maximum Gasteiger partial charge on any atom is 0.322 e. The maximum absolute atomic E-state index is 11.6. The highest BCUT2D eigenvalue weighted by Gasteiger charge is 2.19. The van der Waals surface area contributed by atoms with Gasteiger partial charge in [-0.25, -0.2) is 0 Å². The first-order valence-electron chi connectivity index (χ1n) is 7.69. The number of esters is 1. The minimum atomic E-state index is -0.147. The summed E-state index contributed by atoms with van der Waals surface area (Å²) in [7, 11) is 1.46. The molecular weight excluding hydrogens is 240 g/mol. The van der Waals surface area contributed by atoms with Crippen molar-refractivity contribution in [3.63, 3.8) is 0 Å². The fourth-order valence-electron chi connectivity index (χ4n) is 2.68. The molecule has 0 amide bonds. The molecule has 0 aromatic heterocycles. The molecule has 4 nitrogen and oxygen atoms in total. The smallest absolute Gasteiger partial charge is 0.322 e. The number of carbonyl (C=O) groups excluding carboxylic acids is 1. The van der Waals surface area contributed by atoms with Gasteiger partial charge in [-0.15, -0.1) is 0 Å².